The van der Waals surface area contributed by atoms with Gasteiger partial charge in [0.1, 0.15) is 0 Å². The number of thiol groups is 1. The van der Waals surface area contributed by atoms with Crippen LogP contribution in [0.25, 0.3) is 11.3 Å². The van der Waals surface area contributed by atoms with Crippen LogP contribution in [0.3, 0.4) is 0 Å². The third kappa shape index (κ3) is 2.22. The quantitative estimate of drug-likeness (QED) is 0.804. The summed E-state index contributed by atoms with van der Waals surface area (Å²) in [6.45, 7) is 0.564. The van der Waals surface area contributed by atoms with Crippen molar-refractivity contribution in [3.05, 3.63) is 40.2 Å². The molecule has 0 atom stereocenters. The Hall–Kier alpha value is -0.840. The first kappa shape index (κ1) is 10.7. The van der Waals surface area contributed by atoms with Crippen LogP contribution in [0, 0.1) is 0 Å². The van der Waals surface area contributed by atoms with Crippen LogP contribution >= 0.6 is 24.0 Å². The maximum absolute atomic E-state index is 5.61. The average Bonchev–Trinajstić information content (AvgIpc) is 2.77. The van der Waals surface area contributed by atoms with Crippen molar-refractivity contribution in [1.82, 2.24) is 4.98 Å². The molecule has 0 bridgehead atoms. The minimum Gasteiger partial charge on any atom is -0.326 e. The van der Waals surface area contributed by atoms with Gasteiger partial charge in [-0.05, 0) is 11.6 Å². The minimum absolute atomic E-state index is 0.564. The summed E-state index contributed by atoms with van der Waals surface area (Å²) in [5.41, 5.74) is 10.8. The molecule has 1 aromatic heterocycles. The lowest BCUT2D eigenvalue weighted by molar-refractivity contribution is 1.07. The molecule has 0 fully saturated rings. The third-order valence-electron chi connectivity index (χ3n) is 2.22. The summed E-state index contributed by atoms with van der Waals surface area (Å²) in [7, 11) is 0. The monoisotopic (exact) mass is 236 g/mol. The van der Waals surface area contributed by atoms with Crippen molar-refractivity contribution in [3.8, 4) is 11.3 Å². The van der Waals surface area contributed by atoms with Crippen LogP contribution in [-0.2, 0) is 12.3 Å². The van der Waals surface area contributed by atoms with Crippen molar-refractivity contribution < 1.29 is 0 Å². The van der Waals surface area contributed by atoms with Gasteiger partial charge in [-0.3, -0.25) is 0 Å². The van der Waals surface area contributed by atoms with Gasteiger partial charge in [-0.2, -0.15) is 12.6 Å². The molecular formula is C11H12N2S2. The molecule has 2 aromatic rings. The van der Waals surface area contributed by atoms with Gasteiger partial charge in [0.2, 0.25) is 0 Å². The molecule has 0 unspecified atom stereocenters. The highest BCUT2D eigenvalue weighted by molar-refractivity contribution is 7.79. The van der Waals surface area contributed by atoms with E-state index in [9.17, 15) is 0 Å². The summed E-state index contributed by atoms with van der Waals surface area (Å²) in [6, 6.07) is 8.18. The lowest BCUT2D eigenvalue weighted by atomic mass is 10.1. The fourth-order valence-electron chi connectivity index (χ4n) is 1.46. The van der Waals surface area contributed by atoms with E-state index in [-0.39, 0.29) is 0 Å². The summed E-state index contributed by atoms with van der Waals surface area (Å²) < 4.78 is 0. The molecule has 0 aliphatic carbocycles. The van der Waals surface area contributed by atoms with Gasteiger partial charge < -0.3 is 5.73 Å². The molecule has 0 spiro atoms. The molecule has 0 saturated carbocycles. The number of aromatic nitrogens is 1. The molecule has 0 saturated heterocycles. The highest BCUT2D eigenvalue weighted by Gasteiger charge is 2.07. The van der Waals surface area contributed by atoms with Crippen molar-refractivity contribution in [1.29, 1.82) is 0 Å². The smallest absolute Gasteiger partial charge is 0.0851 e. The Balaban J connectivity index is 2.44. The summed E-state index contributed by atoms with van der Waals surface area (Å²) in [6.07, 6.45) is 0. The lowest BCUT2D eigenvalue weighted by Crippen LogP contribution is -1.96. The van der Waals surface area contributed by atoms with Crippen LogP contribution in [-0.4, -0.2) is 4.98 Å². The van der Waals surface area contributed by atoms with Crippen LogP contribution in [0.5, 0.6) is 0 Å². The van der Waals surface area contributed by atoms with Crippen LogP contribution in [0.15, 0.2) is 29.8 Å². The Morgan fingerprint density at radius 3 is 3.00 bits per heavy atom. The molecule has 2 nitrogen and oxygen atoms in total. The Morgan fingerprint density at radius 1 is 1.40 bits per heavy atom. The summed E-state index contributed by atoms with van der Waals surface area (Å²) in [4.78, 5) is 5.56. The number of nitrogens with zero attached hydrogens (tertiary/aromatic N) is 1. The molecule has 0 aliphatic rings. The molecule has 1 heterocycles. The molecule has 0 radical (unpaired) electrons. The fourth-order valence-corrected chi connectivity index (χ4v) is 2.48. The summed E-state index contributed by atoms with van der Waals surface area (Å²) in [5, 5.41) is 0. The van der Waals surface area contributed by atoms with Gasteiger partial charge in [-0.25, -0.2) is 4.98 Å². The average molecular weight is 236 g/mol. The van der Waals surface area contributed by atoms with E-state index < -0.39 is 0 Å². The topological polar surface area (TPSA) is 38.9 Å². The van der Waals surface area contributed by atoms with Crippen LogP contribution in [0.1, 0.15) is 10.4 Å². The Bertz CT molecular complexity index is 451. The van der Waals surface area contributed by atoms with Gasteiger partial charge in [-0.15, -0.1) is 11.3 Å². The molecule has 78 valence electrons. The highest BCUT2D eigenvalue weighted by Crippen LogP contribution is 2.27. The number of benzene rings is 1. The van der Waals surface area contributed by atoms with Crippen LogP contribution in [0.4, 0.5) is 0 Å². The first-order valence-electron chi connectivity index (χ1n) is 4.67. The SMILES string of the molecule is NCc1cccc(-c2ncsc2CS)c1. The van der Waals surface area contributed by atoms with Crippen molar-refractivity contribution in [2.45, 2.75) is 12.3 Å². The zero-order chi connectivity index (χ0) is 10.7. The Kier molecular flexibility index (Phi) is 3.41. The van der Waals surface area contributed by atoms with E-state index in [2.05, 4.69) is 29.7 Å². The number of hydrogen-bond acceptors (Lipinski definition) is 4. The summed E-state index contributed by atoms with van der Waals surface area (Å²) >= 11 is 5.93. The molecule has 2 rings (SSSR count). The normalized spacial score (nSPS) is 10.5. The number of nitrogens with two attached hydrogens (primary N) is 1. The van der Waals surface area contributed by atoms with E-state index >= 15 is 0 Å². The first-order chi connectivity index (χ1) is 7.35. The first-order valence-corrected chi connectivity index (χ1v) is 6.19. The molecule has 1 aromatic carbocycles. The van der Waals surface area contributed by atoms with Crippen molar-refractivity contribution in [2.24, 2.45) is 5.73 Å². The standard InChI is InChI=1S/C11H12N2S2/c12-5-8-2-1-3-9(4-8)11-10(6-14)15-7-13-11/h1-4,7,14H,5-6,12H2. The van der Waals surface area contributed by atoms with Crippen molar-refractivity contribution in [3.63, 3.8) is 0 Å². The molecule has 4 heteroatoms. The second-order valence-corrected chi connectivity index (χ2v) is 4.44. The maximum Gasteiger partial charge on any atom is 0.0851 e. The van der Waals surface area contributed by atoms with Crippen LogP contribution < -0.4 is 5.73 Å². The fraction of sp³-hybridized carbons (Fsp3) is 0.182. The van der Waals surface area contributed by atoms with Gasteiger partial charge in [0, 0.05) is 22.7 Å². The van der Waals surface area contributed by atoms with E-state index in [1.807, 2.05) is 17.6 Å². The van der Waals surface area contributed by atoms with Gasteiger partial charge in [0.25, 0.3) is 0 Å². The zero-order valence-electron chi connectivity index (χ0n) is 8.18. The van der Waals surface area contributed by atoms with Crippen molar-refractivity contribution in [2.75, 3.05) is 0 Å². The number of hydrogen-bond donors (Lipinski definition) is 2. The Morgan fingerprint density at radius 2 is 2.27 bits per heavy atom. The molecule has 0 amide bonds. The highest BCUT2D eigenvalue weighted by atomic mass is 32.1. The second kappa shape index (κ2) is 4.79. The van der Waals surface area contributed by atoms with E-state index in [4.69, 9.17) is 5.73 Å². The van der Waals surface area contributed by atoms with Gasteiger partial charge in [0.05, 0.1) is 11.2 Å². The predicted octanol–water partition coefficient (Wildman–Crippen LogP) is 2.70. The number of thiazole rings is 1. The lowest BCUT2D eigenvalue weighted by Gasteiger charge is -2.02. The predicted molar refractivity (Wildman–Crippen MR) is 68.1 cm³/mol. The van der Waals surface area contributed by atoms with Gasteiger partial charge in [-0.1, -0.05) is 18.2 Å². The Labute approximate surface area is 98.6 Å². The van der Waals surface area contributed by atoms with E-state index in [1.54, 1.807) is 11.3 Å². The molecule has 2 N–H and O–H groups in total. The minimum atomic E-state index is 0.564. The van der Waals surface area contributed by atoms with Gasteiger partial charge in [0.15, 0.2) is 0 Å². The van der Waals surface area contributed by atoms with E-state index in [1.165, 1.54) is 4.88 Å². The van der Waals surface area contributed by atoms with Gasteiger partial charge >= 0.3 is 0 Å². The number of rotatable bonds is 3. The maximum atomic E-state index is 5.61. The van der Waals surface area contributed by atoms with Crippen molar-refractivity contribution >= 4 is 24.0 Å². The molecule has 15 heavy (non-hydrogen) atoms. The van der Waals surface area contributed by atoms with Crippen LogP contribution in [0.2, 0.25) is 0 Å². The molecule has 0 aliphatic heterocycles. The second-order valence-electron chi connectivity index (χ2n) is 3.19. The zero-order valence-corrected chi connectivity index (χ0v) is 9.89. The largest absolute Gasteiger partial charge is 0.326 e. The molecular weight excluding hydrogens is 224 g/mol. The summed E-state index contributed by atoms with van der Waals surface area (Å²) in [5.74, 6) is 0.729. The van der Waals surface area contributed by atoms with E-state index in [0.29, 0.717) is 6.54 Å². The van der Waals surface area contributed by atoms with E-state index in [0.717, 1.165) is 22.6 Å². The third-order valence-corrected chi connectivity index (χ3v) is 3.58.